The molecule has 26 heavy (non-hydrogen) atoms. The predicted octanol–water partition coefficient (Wildman–Crippen LogP) is 5.60. The van der Waals surface area contributed by atoms with Gasteiger partial charge in [0.1, 0.15) is 5.82 Å². The number of aryl methyl sites for hydroxylation is 2. The Bertz CT molecular complexity index is 923. The first-order valence-electron chi connectivity index (χ1n) is 7.94. The van der Waals surface area contributed by atoms with Gasteiger partial charge in [0.2, 0.25) is 5.95 Å². The molecular formula is C19H17F3N4. The molecule has 3 rings (SSSR count). The van der Waals surface area contributed by atoms with Gasteiger partial charge in [-0.15, -0.1) is 0 Å². The van der Waals surface area contributed by atoms with E-state index in [-0.39, 0.29) is 11.6 Å². The number of aromatic nitrogens is 2. The highest BCUT2D eigenvalue weighted by Crippen LogP contribution is 2.35. The lowest BCUT2D eigenvalue weighted by atomic mass is 10.1. The van der Waals surface area contributed by atoms with Crippen molar-refractivity contribution < 1.29 is 13.2 Å². The van der Waals surface area contributed by atoms with Gasteiger partial charge in [0.15, 0.2) is 0 Å². The van der Waals surface area contributed by atoms with Crippen LogP contribution in [0.2, 0.25) is 0 Å². The first kappa shape index (κ1) is 17.7. The third-order valence-corrected chi connectivity index (χ3v) is 3.74. The van der Waals surface area contributed by atoms with Crippen LogP contribution in [0.4, 0.5) is 36.3 Å². The molecule has 2 aromatic carbocycles. The molecule has 2 N–H and O–H groups in total. The number of alkyl halides is 3. The van der Waals surface area contributed by atoms with Crippen molar-refractivity contribution in [3.05, 3.63) is 71.4 Å². The second-order valence-electron chi connectivity index (χ2n) is 5.83. The number of nitrogens with one attached hydrogen (secondary N) is 2. The lowest BCUT2D eigenvalue weighted by Gasteiger charge is -2.15. The van der Waals surface area contributed by atoms with Crippen LogP contribution in [-0.2, 0) is 6.18 Å². The largest absolute Gasteiger partial charge is 0.418 e. The number of para-hydroxylation sites is 2. The molecule has 0 aliphatic rings. The van der Waals surface area contributed by atoms with E-state index >= 15 is 0 Å². The van der Waals surface area contributed by atoms with E-state index in [0.29, 0.717) is 11.5 Å². The Morgan fingerprint density at radius 2 is 1.46 bits per heavy atom. The Balaban J connectivity index is 1.91. The van der Waals surface area contributed by atoms with Crippen molar-refractivity contribution >= 4 is 23.1 Å². The Hall–Kier alpha value is -3.09. The first-order chi connectivity index (χ1) is 12.3. The molecule has 134 valence electrons. The summed E-state index contributed by atoms with van der Waals surface area (Å²) < 4.78 is 39.4. The van der Waals surface area contributed by atoms with Crippen molar-refractivity contribution in [1.82, 2.24) is 9.97 Å². The van der Waals surface area contributed by atoms with Crippen LogP contribution in [0.5, 0.6) is 0 Å². The van der Waals surface area contributed by atoms with Gasteiger partial charge in [0, 0.05) is 17.4 Å². The number of halogens is 3. The highest BCUT2D eigenvalue weighted by Gasteiger charge is 2.33. The molecule has 0 unspecified atom stereocenters. The summed E-state index contributed by atoms with van der Waals surface area (Å²) in [7, 11) is 0. The molecule has 3 aromatic rings. The standard InChI is InChI=1S/C19H17F3N4/c1-12-7-3-5-9-15(12)24-17-11-13(2)23-18(26-17)25-16-10-6-4-8-14(16)19(20,21)22/h3-11H,1-2H3,(H2,23,24,25,26). The lowest BCUT2D eigenvalue weighted by Crippen LogP contribution is -2.10. The molecule has 7 heteroatoms. The molecule has 1 aromatic heterocycles. The molecule has 0 spiro atoms. The maximum atomic E-state index is 13.1. The quantitative estimate of drug-likeness (QED) is 0.637. The molecule has 0 radical (unpaired) electrons. The maximum Gasteiger partial charge on any atom is 0.418 e. The van der Waals surface area contributed by atoms with Gasteiger partial charge in [-0.3, -0.25) is 0 Å². The van der Waals surface area contributed by atoms with Crippen LogP contribution >= 0.6 is 0 Å². The Morgan fingerprint density at radius 3 is 2.15 bits per heavy atom. The van der Waals surface area contributed by atoms with Gasteiger partial charge in [-0.1, -0.05) is 30.3 Å². The molecule has 0 atom stereocenters. The van der Waals surface area contributed by atoms with Crippen molar-refractivity contribution in [1.29, 1.82) is 0 Å². The average Bonchev–Trinajstić information content (AvgIpc) is 2.56. The van der Waals surface area contributed by atoms with Crippen LogP contribution in [0.3, 0.4) is 0 Å². The van der Waals surface area contributed by atoms with E-state index in [1.54, 1.807) is 13.0 Å². The smallest absolute Gasteiger partial charge is 0.340 e. The van der Waals surface area contributed by atoms with E-state index < -0.39 is 11.7 Å². The zero-order chi connectivity index (χ0) is 18.7. The zero-order valence-corrected chi connectivity index (χ0v) is 14.2. The predicted molar refractivity (Wildman–Crippen MR) is 96.0 cm³/mol. The van der Waals surface area contributed by atoms with E-state index in [1.165, 1.54) is 18.2 Å². The Morgan fingerprint density at radius 1 is 0.808 bits per heavy atom. The van der Waals surface area contributed by atoms with Crippen molar-refractivity contribution in [3.8, 4) is 0 Å². The van der Waals surface area contributed by atoms with E-state index in [2.05, 4.69) is 20.6 Å². The van der Waals surface area contributed by atoms with Gasteiger partial charge < -0.3 is 10.6 Å². The number of anilines is 4. The Labute approximate surface area is 149 Å². The summed E-state index contributed by atoms with van der Waals surface area (Å²) in [5.41, 5.74) is 1.67. The highest BCUT2D eigenvalue weighted by molar-refractivity contribution is 5.64. The summed E-state index contributed by atoms with van der Waals surface area (Å²) in [6, 6.07) is 14.6. The fourth-order valence-electron chi connectivity index (χ4n) is 2.50. The molecule has 0 saturated carbocycles. The summed E-state index contributed by atoms with van der Waals surface area (Å²) in [6.45, 7) is 3.71. The minimum Gasteiger partial charge on any atom is -0.340 e. The third-order valence-electron chi connectivity index (χ3n) is 3.74. The van der Waals surface area contributed by atoms with Crippen molar-refractivity contribution in [2.45, 2.75) is 20.0 Å². The van der Waals surface area contributed by atoms with Gasteiger partial charge in [0.25, 0.3) is 0 Å². The highest BCUT2D eigenvalue weighted by atomic mass is 19.4. The van der Waals surface area contributed by atoms with Crippen molar-refractivity contribution in [2.75, 3.05) is 10.6 Å². The fourth-order valence-corrected chi connectivity index (χ4v) is 2.50. The zero-order valence-electron chi connectivity index (χ0n) is 14.2. The van der Waals surface area contributed by atoms with Crippen molar-refractivity contribution in [2.24, 2.45) is 0 Å². The molecule has 0 aliphatic heterocycles. The first-order valence-corrected chi connectivity index (χ1v) is 7.94. The summed E-state index contributed by atoms with van der Waals surface area (Å²) >= 11 is 0. The van der Waals surface area contributed by atoms with Gasteiger partial charge in [-0.25, -0.2) is 4.98 Å². The monoisotopic (exact) mass is 358 g/mol. The second kappa shape index (κ2) is 7.03. The SMILES string of the molecule is Cc1cc(Nc2ccccc2C)nc(Nc2ccccc2C(F)(F)F)n1. The fraction of sp³-hybridized carbons (Fsp3) is 0.158. The summed E-state index contributed by atoms with van der Waals surface area (Å²) in [5.74, 6) is 0.594. The second-order valence-corrected chi connectivity index (χ2v) is 5.83. The van der Waals surface area contributed by atoms with Crippen LogP contribution in [0.1, 0.15) is 16.8 Å². The molecule has 0 saturated heterocycles. The number of benzene rings is 2. The molecule has 4 nitrogen and oxygen atoms in total. The average molecular weight is 358 g/mol. The summed E-state index contributed by atoms with van der Waals surface area (Å²) in [5, 5.41) is 5.85. The van der Waals surface area contributed by atoms with Gasteiger partial charge in [-0.05, 0) is 37.6 Å². The van der Waals surface area contributed by atoms with E-state index in [0.717, 1.165) is 17.3 Å². The topological polar surface area (TPSA) is 49.8 Å². The van der Waals surface area contributed by atoms with E-state index in [1.807, 2.05) is 31.2 Å². The van der Waals surface area contributed by atoms with E-state index in [4.69, 9.17) is 0 Å². The van der Waals surface area contributed by atoms with E-state index in [9.17, 15) is 13.2 Å². The molecule has 0 fully saturated rings. The van der Waals surface area contributed by atoms with Crippen molar-refractivity contribution in [3.63, 3.8) is 0 Å². The number of nitrogens with zero attached hydrogens (tertiary/aromatic N) is 2. The lowest BCUT2D eigenvalue weighted by molar-refractivity contribution is -0.136. The number of hydrogen-bond acceptors (Lipinski definition) is 4. The van der Waals surface area contributed by atoms with Crippen LogP contribution in [-0.4, -0.2) is 9.97 Å². The summed E-state index contributed by atoms with van der Waals surface area (Å²) in [4.78, 5) is 8.47. The summed E-state index contributed by atoms with van der Waals surface area (Å²) in [6.07, 6.45) is -4.46. The van der Waals surface area contributed by atoms with Crippen LogP contribution in [0.25, 0.3) is 0 Å². The third kappa shape index (κ3) is 4.11. The molecule has 1 heterocycles. The van der Waals surface area contributed by atoms with Gasteiger partial charge in [0.05, 0.1) is 11.3 Å². The maximum absolute atomic E-state index is 13.1. The van der Waals surface area contributed by atoms with Gasteiger partial charge in [-0.2, -0.15) is 18.2 Å². The van der Waals surface area contributed by atoms with Crippen LogP contribution in [0.15, 0.2) is 54.6 Å². The molecule has 0 aliphatic carbocycles. The normalized spacial score (nSPS) is 11.3. The Kier molecular flexibility index (Phi) is 4.79. The minimum atomic E-state index is -4.46. The van der Waals surface area contributed by atoms with Crippen LogP contribution < -0.4 is 10.6 Å². The molecular weight excluding hydrogens is 341 g/mol. The number of hydrogen-bond donors (Lipinski definition) is 2. The van der Waals surface area contributed by atoms with Gasteiger partial charge >= 0.3 is 6.18 Å². The minimum absolute atomic E-state index is 0.0903. The molecule has 0 bridgehead atoms. The number of rotatable bonds is 4. The van der Waals surface area contributed by atoms with Crippen LogP contribution in [0, 0.1) is 13.8 Å². The molecule has 0 amide bonds.